The Morgan fingerprint density at radius 1 is 1.16 bits per heavy atom. The van der Waals surface area contributed by atoms with Crippen molar-refractivity contribution in [2.24, 2.45) is 0 Å². The number of amides is 1. The minimum atomic E-state index is -2.88. The van der Waals surface area contributed by atoms with Gasteiger partial charge in [-0.25, -0.2) is 0 Å². The van der Waals surface area contributed by atoms with Crippen molar-refractivity contribution in [1.82, 2.24) is 5.32 Å². The number of benzene rings is 2. The van der Waals surface area contributed by atoms with Crippen molar-refractivity contribution in [2.45, 2.75) is 19.6 Å². The van der Waals surface area contributed by atoms with Gasteiger partial charge in [0.2, 0.25) is 5.91 Å². The fraction of sp³-hybridized carbons (Fsp3) is 0.235. The molecule has 0 fully saturated rings. The number of hydrogen-bond donors (Lipinski definition) is 2. The van der Waals surface area contributed by atoms with Gasteiger partial charge in [-0.3, -0.25) is 4.79 Å². The molecule has 134 valence electrons. The van der Waals surface area contributed by atoms with Crippen LogP contribution in [0.1, 0.15) is 18.5 Å². The molecule has 4 nitrogen and oxygen atoms in total. The molecular formula is C17H16Cl2F2N2O2. The highest BCUT2D eigenvalue weighted by molar-refractivity contribution is 6.35. The van der Waals surface area contributed by atoms with E-state index in [1.165, 1.54) is 24.3 Å². The standard InChI is InChI=1S/C17H16Cl2F2N2O2/c1-10(14-7-2-11(18)8-15(14)19)22-9-16(24)23-12-3-5-13(6-4-12)25-17(20)21/h2-8,10,17,22H,9H2,1H3,(H,23,24)/t10-/m1/s1. The van der Waals surface area contributed by atoms with Crippen LogP contribution < -0.4 is 15.4 Å². The van der Waals surface area contributed by atoms with E-state index in [1.54, 1.807) is 18.2 Å². The first-order valence-electron chi connectivity index (χ1n) is 7.38. The van der Waals surface area contributed by atoms with E-state index in [4.69, 9.17) is 23.2 Å². The number of carbonyl (C=O) groups excluding carboxylic acids is 1. The van der Waals surface area contributed by atoms with E-state index >= 15 is 0 Å². The third-order valence-electron chi connectivity index (χ3n) is 3.36. The van der Waals surface area contributed by atoms with Gasteiger partial charge < -0.3 is 15.4 Å². The number of halogens is 4. The quantitative estimate of drug-likeness (QED) is 0.710. The lowest BCUT2D eigenvalue weighted by Gasteiger charge is -2.16. The van der Waals surface area contributed by atoms with Crippen LogP contribution in [0.15, 0.2) is 42.5 Å². The lowest BCUT2D eigenvalue weighted by atomic mass is 10.1. The van der Waals surface area contributed by atoms with E-state index in [9.17, 15) is 13.6 Å². The fourth-order valence-corrected chi connectivity index (χ4v) is 2.71. The van der Waals surface area contributed by atoms with E-state index in [0.717, 1.165) is 5.56 Å². The van der Waals surface area contributed by atoms with Gasteiger partial charge in [-0.05, 0) is 48.9 Å². The Morgan fingerprint density at radius 3 is 2.44 bits per heavy atom. The van der Waals surface area contributed by atoms with Crippen LogP contribution in [-0.2, 0) is 4.79 Å². The molecule has 0 aliphatic carbocycles. The Balaban J connectivity index is 1.85. The molecule has 0 aliphatic rings. The van der Waals surface area contributed by atoms with Gasteiger partial charge in [0.15, 0.2) is 0 Å². The smallest absolute Gasteiger partial charge is 0.387 e. The van der Waals surface area contributed by atoms with E-state index in [-0.39, 0.29) is 24.2 Å². The summed E-state index contributed by atoms with van der Waals surface area (Å²) in [4.78, 5) is 12.0. The molecule has 2 aromatic rings. The van der Waals surface area contributed by atoms with Gasteiger partial charge >= 0.3 is 6.61 Å². The zero-order valence-electron chi connectivity index (χ0n) is 13.2. The van der Waals surface area contributed by atoms with Gasteiger partial charge in [-0.1, -0.05) is 29.3 Å². The average Bonchev–Trinajstić information content (AvgIpc) is 2.54. The second-order valence-electron chi connectivity index (χ2n) is 5.22. The first kappa shape index (κ1) is 19.4. The van der Waals surface area contributed by atoms with Crippen LogP contribution in [0.5, 0.6) is 5.75 Å². The normalized spacial score (nSPS) is 12.1. The Hall–Kier alpha value is -1.89. The van der Waals surface area contributed by atoms with E-state index in [1.807, 2.05) is 6.92 Å². The largest absolute Gasteiger partial charge is 0.435 e. The summed E-state index contributed by atoms with van der Waals surface area (Å²) in [7, 11) is 0. The van der Waals surface area contributed by atoms with Crippen molar-refractivity contribution in [3.8, 4) is 5.75 Å². The summed E-state index contributed by atoms with van der Waals surface area (Å²) in [6.45, 7) is -0.959. The molecule has 8 heteroatoms. The third kappa shape index (κ3) is 6.16. The van der Waals surface area contributed by atoms with Gasteiger partial charge in [-0.15, -0.1) is 0 Å². The molecule has 25 heavy (non-hydrogen) atoms. The van der Waals surface area contributed by atoms with E-state index in [0.29, 0.717) is 15.7 Å². The number of nitrogens with one attached hydrogen (secondary N) is 2. The van der Waals surface area contributed by atoms with Crippen LogP contribution in [0.25, 0.3) is 0 Å². The molecule has 1 atom stereocenters. The van der Waals surface area contributed by atoms with Crippen molar-refractivity contribution in [3.63, 3.8) is 0 Å². The van der Waals surface area contributed by atoms with Crippen LogP contribution >= 0.6 is 23.2 Å². The molecule has 1 amide bonds. The summed E-state index contributed by atoms with van der Waals surface area (Å²) in [5, 5.41) is 6.76. The summed E-state index contributed by atoms with van der Waals surface area (Å²) in [6.07, 6.45) is 0. The molecule has 0 aliphatic heterocycles. The lowest BCUT2D eigenvalue weighted by Crippen LogP contribution is -2.30. The fourth-order valence-electron chi connectivity index (χ4n) is 2.13. The molecule has 0 aromatic heterocycles. The number of alkyl halides is 2. The summed E-state index contributed by atoms with van der Waals surface area (Å²) >= 11 is 12.0. The zero-order valence-corrected chi connectivity index (χ0v) is 14.7. The molecule has 0 saturated carbocycles. The highest BCUT2D eigenvalue weighted by Crippen LogP contribution is 2.26. The molecule has 2 N–H and O–H groups in total. The van der Waals surface area contributed by atoms with Crippen molar-refractivity contribution in [1.29, 1.82) is 0 Å². The van der Waals surface area contributed by atoms with Gasteiger partial charge in [-0.2, -0.15) is 8.78 Å². The molecule has 0 bridgehead atoms. The predicted molar refractivity (Wildman–Crippen MR) is 94.6 cm³/mol. The molecule has 0 saturated heterocycles. The number of carbonyl (C=O) groups is 1. The summed E-state index contributed by atoms with van der Waals surface area (Å²) < 4.78 is 28.4. The van der Waals surface area contributed by atoms with Gasteiger partial charge in [0, 0.05) is 21.8 Å². The Bertz CT molecular complexity index is 727. The topological polar surface area (TPSA) is 50.4 Å². The first-order chi connectivity index (χ1) is 11.8. The van der Waals surface area contributed by atoms with Gasteiger partial charge in [0.25, 0.3) is 0 Å². The van der Waals surface area contributed by atoms with Gasteiger partial charge in [0.1, 0.15) is 5.75 Å². The highest BCUT2D eigenvalue weighted by Gasteiger charge is 2.12. The maximum absolute atomic E-state index is 12.1. The number of rotatable bonds is 7. The number of ether oxygens (including phenoxy) is 1. The monoisotopic (exact) mass is 388 g/mol. The second kappa shape index (κ2) is 8.99. The summed E-state index contributed by atoms with van der Waals surface area (Å²) in [6, 6.07) is 10.7. The minimum absolute atomic E-state index is 0.0251. The van der Waals surface area contributed by atoms with Crippen LogP contribution in [-0.4, -0.2) is 19.1 Å². The Labute approximate surface area is 154 Å². The average molecular weight is 389 g/mol. The molecule has 0 heterocycles. The Kier molecular flexibility index (Phi) is 6.99. The molecule has 0 spiro atoms. The highest BCUT2D eigenvalue weighted by atomic mass is 35.5. The van der Waals surface area contributed by atoms with Crippen LogP contribution in [0.2, 0.25) is 10.0 Å². The number of anilines is 1. The number of hydrogen-bond acceptors (Lipinski definition) is 3. The van der Waals surface area contributed by atoms with E-state index < -0.39 is 6.61 Å². The SMILES string of the molecule is C[C@@H](NCC(=O)Nc1ccc(OC(F)F)cc1)c1ccc(Cl)cc1Cl. The summed E-state index contributed by atoms with van der Waals surface area (Å²) in [5.74, 6) is -0.253. The zero-order chi connectivity index (χ0) is 18.4. The van der Waals surface area contributed by atoms with Crippen molar-refractivity contribution >= 4 is 34.8 Å². The third-order valence-corrected chi connectivity index (χ3v) is 3.92. The second-order valence-corrected chi connectivity index (χ2v) is 6.06. The molecule has 2 rings (SSSR count). The van der Waals surface area contributed by atoms with Crippen molar-refractivity contribution in [3.05, 3.63) is 58.1 Å². The Morgan fingerprint density at radius 2 is 1.84 bits per heavy atom. The van der Waals surface area contributed by atoms with Crippen LogP contribution in [0.4, 0.5) is 14.5 Å². The maximum Gasteiger partial charge on any atom is 0.387 e. The predicted octanol–water partition coefficient (Wildman–Crippen LogP) is 4.88. The molecule has 0 unspecified atom stereocenters. The van der Waals surface area contributed by atoms with Crippen molar-refractivity contribution < 1.29 is 18.3 Å². The summed E-state index contributed by atoms with van der Waals surface area (Å²) in [5.41, 5.74) is 1.30. The molecule has 0 radical (unpaired) electrons. The lowest BCUT2D eigenvalue weighted by molar-refractivity contribution is -0.115. The minimum Gasteiger partial charge on any atom is -0.435 e. The maximum atomic E-state index is 12.1. The van der Waals surface area contributed by atoms with Crippen LogP contribution in [0, 0.1) is 0 Å². The van der Waals surface area contributed by atoms with Crippen molar-refractivity contribution in [2.75, 3.05) is 11.9 Å². The van der Waals surface area contributed by atoms with E-state index in [2.05, 4.69) is 15.4 Å². The molecular weight excluding hydrogens is 373 g/mol. The first-order valence-corrected chi connectivity index (χ1v) is 8.14. The van der Waals surface area contributed by atoms with Crippen LogP contribution in [0.3, 0.4) is 0 Å². The molecule has 2 aromatic carbocycles. The van der Waals surface area contributed by atoms with Gasteiger partial charge in [0.05, 0.1) is 6.54 Å².